The van der Waals surface area contributed by atoms with Crippen molar-refractivity contribution in [3.8, 4) is 23.0 Å². The van der Waals surface area contributed by atoms with Gasteiger partial charge in [0.15, 0.2) is 11.5 Å². The van der Waals surface area contributed by atoms with E-state index in [9.17, 15) is 0 Å². The number of methoxy groups -OCH3 is 2. The number of hydrogen-bond donors (Lipinski definition) is 0. The Hall–Kier alpha value is -2.85. The molecule has 0 N–H and O–H groups in total. The molecule has 0 aliphatic carbocycles. The molecular formula is C23H23ClO4. The van der Waals surface area contributed by atoms with Crippen LogP contribution in [0.4, 0.5) is 0 Å². The lowest BCUT2D eigenvalue weighted by Crippen LogP contribution is -2.01. The van der Waals surface area contributed by atoms with E-state index in [0.717, 1.165) is 28.2 Å². The molecule has 3 aromatic carbocycles. The maximum atomic E-state index is 6.02. The maximum Gasteiger partial charge on any atom is 0.162 e. The fraction of sp³-hybridized carbons (Fsp3) is 0.217. The third-order valence-electron chi connectivity index (χ3n) is 4.27. The molecule has 5 heteroatoms. The fourth-order valence-corrected chi connectivity index (χ4v) is 2.80. The second-order valence-corrected chi connectivity index (χ2v) is 6.46. The van der Waals surface area contributed by atoms with Crippen molar-refractivity contribution in [1.82, 2.24) is 0 Å². The number of benzene rings is 3. The maximum absolute atomic E-state index is 6.02. The second kappa shape index (κ2) is 9.90. The van der Waals surface area contributed by atoms with Crippen molar-refractivity contribution in [1.29, 1.82) is 0 Å². The first-order valence-corrected chi connectivity index (χ1v) is 9.45. The first-order chi connectivity index (χ1) is 13.7. The molecule has 0 amide bonds. The minimum absolute atomic E-state index is 0.414. The average molecular weight is 399 g/mol. The van der Waals surface area contributed by atoms with Gasteiger partial charge in [0, 0.05) is 5.88 Å². The van der Waals surface area contributed by atoms with Crippen molar-refractivity contribution in [2.75, 3.05) is 14.2 Å². The van der Waals surface area contributed by atoms with Crippen LogP contribution in [0, 0.1) is 0 Å². The highest BCUT2D eigenvalue weighted by Gasteiger charge is 2.08. The van der Waals surface area contributed by atoms with Gasteiger partial charge in [-0.2, -0.15) is 0 Å². The summed E-state index contributed by atoms with van der Waals surface area (Å²) in [6, 6.07) is 21.3. The summed E-state index contributed by atoms with van der Waals surface area (Å²) in [5.74, 6) is 3.40. The summed E-state index contributed by atoms with van der Waals surface area (Å²) in [6.45, 7) is 0.859. The van der Waals surface area contributed by atoms with E-state index >= 15 is 0 Å². The standard InChI is InChI=1S/C23H23ClO4/c1-25-20-8-3-17(4-9-20)15-27-22-12-7-19(14-24)13-23(22)28-16-18-5-10-21(26-2)11-6-18/h3-13H,14-16H2,1-2H3. The SMILES string of the molecule is COc1ccc(COc2ccc(CCl)cc2OCc2ccc(OC)cc2)cc1. The summed E-state index contributed by atoms with van der Waals surface area (Å²) >= 11 is 5.98. The van der Waals surface area contributed by atoms with Crippen molar-refractivity contribution < 1.29 is 18.9 Å². The van der Waals surface area contributed by atoms with Crippen LogP contribution in [-0.2, 0) is 19.1 Å². The lowest BCUT2D eigenvalue weighted by Gasteiger charge is -2.14. The number of alkyl halides is 1. The largest absolute Gasteiger partial charge is 0.497 e. The van der Waals surface area contributed by atoms with Crippen LogP contribution in [-0.4, -0.2) is 14.2 Å². The zero-order valence-electron chi connectivity index (χ0n) is 16.0. The Kier molecular flexibility index (Phi) is 7.04. The minimum Gasteiger partial charge on any atom is -0.497 e. The second-order valence-electron chi connectivity index (χ2n) is 6.19. The highest BCUT2D eigenvalue weighted by atomic mass is 35.5. The molecule has 4 nitrogen and oxygen atoms in total. The van der Waals surface area contributed by atoms with Crippen LogP contribution < -0.4 is 18.9 Å². The summed E-state index contributed by atoms with van der Waals surface area (Å²) < 4.78 is 22.4. The molecule has 3 aromatic rings. The molecule has 0 saturated carbocycles. The molecule has 0 aliphatic heterocycles. The van der Waals surface area contributed by atoms with Crippen molar-refractivity contribution >= 4 is 11.6 Å². The number of halogens is 1. The molecule has 28 heavy (non-hydrogen) atoms. The van der Waals surface area contributed by atoms with Gasteiger partial charge in [-0.3, -0.25) is 0 Å². The van der Waals surface area contributed by atoms with Gasteiger partial charge in [0.1, 0.15) is 24.7 Å². The van der Waals surface area contributed by atoms with Crippen molar-refractivity contribution in [2.24, 2.45) is 0 Å². The van der Waals surface area contributed by atoms with Gasteiger partial charge in [-0.15, -0.1) is 11.6 Å². The van der Waals surface area contributed by atoms with Gasteiger partial charge < -0.3 is 18.9 Å². The molecule has 0 spiro atoms. The van der Waals surface area contributed by atoms with E-state index in [1.54, 1.807) is 14.2 Å². The van der Waals surface area contributed by atoms with Crippen LogP contribution >= 0.6 is 11.6 Å². The van der Waals surface area contributed by atoms with E-state index in [-0.39, 0.29) is 0 Å². The van der Waals surface area contributed by atoms with Gasteiger partial charge in [-0.1, -0.05) is 30.3 Å². The van der Waals surface area contributed by atoms with E-state index in [1.807, 2.05) is 66.7 Å². The molecule has 0 bridgehead atoms. The Labute approximate surface area is 170 Å². The van der Waals surface area contributed by atoms with E-state index in [0.29, 0.717) is 30.6 Å². The first kappa shape index (κ1) is 19.9. The van der Waals surface area contributed by atoms with E-state index < -0.39 is 0 Å². The van der Waals surface area contributed by atoms with Crippen molar-refractivity contribution in [3.05, 3.63) is 83.4 Å². The van der Waals surface area contributed by atoms with E-state index in [1.165, 1.54) is 0 Å². The quantitative estimate of drug-likeness (QED) is 0.439. The molecule has 0 aromatic heterocycles. The Morgan fingerprint density at radius 2 is 1.07 bits per heavy atom. The summed E-state index contributed by atoms with van der Waals surface area (Å²) in [7, 11) is 3.30. The third kappa shape index (κ3) is 5.33. The third-order valence-corrected chi connectivity index (χ3v) is 4.58. The van der Waals surface area contributed by atoms with Crippen LogP contribution in [0.3, 0.4) is 0 Å². The van der Waals surface area contributed by atoms with Crippen LogP contribution in [0.5, 0.6) is 23.0 Å². The molecule has 146 valence electrons. The first-order valence-electron chi connectivity index (χ1n) is 8.92. The average Bonchev–Trinajstić information content (AvgIpc) is 2.77. The molecule has 0 unspecified atom stereocenters. The molecule has 0 aliphatic rings. The topological polar surface area (TPSA) is 36.9 Å². The van der Waals surface area contributed by atoms with Gasteiger partial charge >= 0.3 is 0 Å². The van der Waals surface area contributed by atoms with Gasteiger partial charge in [0.05, 0.1) is 14.2 Å². The van der Waals surface area contributed by atoms with E-state index in [4.69, 9.17) is 30.5 Å². The highest BCUT2D eigenvalue weighted by Crippen LogP contribution is 2.31. The predicted octanol–water partition coefficient (Wildman–Crippen LogP) is 5.60. The Morgan fingerprint density at radius 1 is 0.607 bits per heavy atom. The number of hydrogen-bond acceptors (Lipinski definition) is 4. The summed E-state index contributed by atoms with van der Waals surface area (Å²) in [5.41, 5.74) is 3.06. The molecule has 3 rings (SSSR count). The highest BCUT2D eigenvalue weighted by molar-refractivity contribution is 6.17. The van der Waals surface area contributed by atoms with Crippen LogP contribution in [0.1, 0.15) is 16.7 Å². The Morgan fingerprint density at radius 3 is 1.54 bits per heavy atom. The molecule has 0 fully saturated rings. The molecular weight excluding hydrogens is 376 g/mol. The molecule has 0 radical (unpaired) electrons. The summed E-state index contributed by atoms with van der Waals surface area (Å²) in [4.78, 5) is 0. The fourth-order valence-electron chi connectivity index (χ4n) is 2.63. The predicted molar refractivity (Wildman–Crippen MR) is 111 cm³/mol. The van der Waals surface area contributed by atoms with E-state index in [2.05, 4.69) is 0 Å². The van der Waals surface area contributed by atoms with Gasteiger partial charge in [-0.25, -0.2) is 0 Å². The Bertz CT molecular complexity index is 876. The molecule has 0 heterocycles. The Balaban J connectivity index is 1.69. The van der Waals surface area contributed by atoms with Gasteiger partial charge in [0.2, 0.25) is 0 Å². The number of ether oxygens (including phenoxy) is 4. The summed E-state index contributed by atoms with van der Waals surface area (Å²) in [5, 5.41) is 0. The van der Waals surface area contributed by atoms with Crippen molar-refractivity contribution in [3.63, 3.8) is 0 Å². The van der Waals surface area contributed by atoms with Gasteiger partial charge in [0.25, 0.3) is 0 Å². The van der Waals surface area contributed by atoms with Crippen LogP contribution in [0.15, 0.2) is 66.7 Å². The van der Waals surface area contributed by atoms with Crippen LogP contribution in [0.25, 0.3) is 0 Å². The molecule has 0 saturated heterocycles. The lowest BCUT2D eigenvalue weighted by atomic mass is 10.2. The minimum atomic E-state index is 0.414. The van der Waals surface area contributed by atoms with Gasteiger partial charge in [-0.05, 0) is 53.1 Å². The van der Waals surface area contributed by atoms with Crippen LogP contribution in [0.2, 0.25) is 0 Å². The zero-order valence-corrected chi connectivity index (χ0v) is 16.7. The summed E-state index contributed by atoms with van der Waals surface area (Å²) in [6.07, 6.45) is 0. The normalized spacial score (nSPS) is 10.4. The monoisotopic (exact) mass is 398 g/mol. The lowest BCUT2D eigenvalue weighted by molar-refractivity contribution is 0.255. The number of rotatable bonds is 9. The molecule has 0 atom stereocenters. The van der Waals surface area contributed by atoms with Crippen molar-refractivity contribution in [2.45, 2.75) is 19.1 Å². The zero-order chi connectivity index (χ0) is 19.8. The smallest absolute Gasteiger partial charge is 0.162 e.